The molecule has 3 N–H and O–H groups in total. The third kappa shape index (κ3) is 11.1. The number of nitrogens with two attached hydrogens (primary N) is 1. The third-order valence-electron chi connectivity index (χ3n) is 12.1. The molecule has 68 heavy (non-hydrogen) atoms. The highest BCUT2D eigenvalue weighted by atomic mass is 32.2. The number of fused-ring (bicyclic) bond motifs is 1. The number of anilines is 1. The quantitative estimate of drug-likeness (QED) is 0.0831. The van der Waals surface area contributed by atoms with E-state index in [-0.39, 0.29) is 60.1 Å². The van der Waals surface area contributed by atoms with Crippen molar-refractivity contribution in [1.82, 2.24) is 34.2 Å². The van der Waals surface area contributed by atoms with E-state index in [0.29, 0.717) is 51.4 Å². The average molecular weight is 961 g/mol. The lowest BCUT2D eigenvalue weighted by Gasteiger charge is -2.41. The summed E-state index contributed by atoms with van der Waals surface area (Å²) < 4.78 is 82.9. The maximum absolute atomic E-state index is 16.2. The van der Waals surface area contributed by atoms with E-state index < -0.39 is 29.8 Å². The van der Waals surface area contributed by atoms with Crippen LogP contribution in [0, 0.1) is 16.7 Å². The zero-order valence-corrected chi connectivity index (χ0v) is 41.7. The minimum absolute atomic E-state index is 0.0440. The molecule has 0 saturated carbocycles. The highest BCUT2D eigenvalue weighted by Gasteiger charge is 2.39. The first-order valence-corrected chi connectivity index (χ1v) is 25.1. The number of benzene rings is 5. The SMILES string of the molecule is COc1ccc(CN(Cc2ccc(OC)cc2)S(=O)(=O)c2c(S(=O)(=O)NCCC(C(C)(C)C)C(C)(C)C)ccc(-c3cccc4ccc(N)nc34)c2-c2nnn(Cc3ccc(OC)cc3)n2)cc1. The summed E-state index contributed by atoms with van der Waals surface area (Å²) in [6, 6.07) is 33.2. The minimum atomic E-state index is -4.88. The van der Waals surface area contributed by atoms with Crippen LogP contribution < -0.4 is 24.7 Å². The normalized spacial score (nSPS) is 12.5. The van der Waals surface area contributed by atoms with Gasteiger partial charge in [0.15, 0.2) is 0 Å². The molecule has 0 spiro atoms. The lowest BCUT2D eigenvalue weighted by Crippen LogP contribution is -2.37. The molecule has 0 aliphatic carbocycles. The Bertz CT molecular complexity index is 3030. The number of nitrogens with one attached hydrogen (secondary N) is 1. The fourth-order valence-corrected chi connectivity index (χ4v) is 12.4. The summed E-state index contributed by atoms with van der Waals surface area (Å²) in [7, 11) is -4.81. The predicted octanol–water partition coefficient (Wildman–Crippen LogP) is 8.98. The molecular weight excluding hydrogens is 901 g/mol. The summed E-state index contributed by atoms with van der Waals surface area (Å²) in [5.74, 6) is 2.04. The second-order valence-corrected chi connectivity index (χ2v) is 22.5. The van der Waals surface area contributed by atoms with Gasteiger partial charge in [-0.05, 0) is 105 Å². The zero-order valence-electron chi connectivity index (χ0n) is 40.0. The maximum atomic E-state index is 16.2. The van der Waals surface area contributed by atoms with Gasteiger partial charge >= 0.3 is 0 Å². The molecule has 0 aliphatic rings. The number of tetrazole rings is 1. The van der Waals surface area contributed by atoms with Crippen molar-refractivity contribution in [3.05, 3.63) is 132 Å². The maximum Gasteiger partial charge on any atom is 0.245 e. The van der Waals surface area contributed by atoms with E-state index in [1.807, 2.05) is 42.5 Å². The fraction of sp³-hybridized carbons (Fsp3) is 0.333. The van der Waals surface area contributed by atoms with Gasteiger partial charge in [0.25, 0.3) is 0 Å². The largest absolute Gasteiger partial charge is 0.497 e. The van der Waals surface area contributed by atoms with Crippen LogP contribution in [0.5, 0.6) is 17.2 Å². The molecule has 5 aromatic carbocycles. The second-order valence-electron chi connectivity index (χ2n) is 18.9. The van der Waals surface area contributed by atoms with Crippen molar-refractivity contribution >= 4 is 36.8 Å². The van der Waals surface area contributed by atoms with Crippen molar-refractivity contribution in [2.24, 2.45) is 16.7 Å². The van der Waals surface area contributed by atoms with E-state index in [9.17, 15) is 0 Å². The van der Waals surface area contributed by atoms with E-state index in [1.165, 1.54) is 15.2 Å². The Labute approximate surface area is 399 Å². The summed E-state index contributed by atoms with van der Waals surface area (Å²) in [5, 5.41) is 14.4. The first kappa shape index (κ1) is 49.5. The molecule has 0 atom stereocenters. The number of methoxy groups -OCH3 is 3. The molecule has 15 nitrogen and oxygen atoms in total. The number of ether oxygens (including phenoxy) is 3. The van der Waals surface area contributed by atoms with Gasteiger partial charge < -0.3 is 19.9 Å². The Hall–Kier alpha value is -6.40. The van der Waals surface area contributed by atoms with Gasteiger partial charge in [0.2, 0.25) is 25.9 Å². The number of sulfonamides is 2. The molecule has 2 heterocycles. The van der Waals surface area contributed by atoms with Crippen molar-refractivity contribution in [3.63, 3.8) is 0 Å². The van der Waals surface area contributed by atoms with Gasteiger partial charge in [-0.1, -0.05) is 102 Å². The first-order chi connectivity index (χ1) is 32.2. The number of nitrogen functional groups attached to an aromatic ring is 1. The van der Waals surface area contributed by atoms with E-state index >= 15 is 16.8 Å². The molecule has 7 rings (SSSR count). The van der Waals surface area contributed by atoms with Crippen LogP contribution in [0.3, 0.4) is 0 Å². The van der Waals surface area contributed by atoms with Gasteiger partial charge in [0, 0.05) is 30.6 Å². The summed E-state index contributed by atoms with van der Waals surface area (Å²) in [5.41, 5.74) is 9.16. The zero-order chi connectivity index (χ0) is 49.0. The van der Waals surface area contributed by atoms with E-state index in [0.717, 1.165) is 10.9 Å². The molecule has 0 unspecified atom stereocenters. The smallest absolute Gasteiger partial charge is 0.245 e. The Balaban J connectivity index is 1.50. The van der Waals surface area contributed by atoms with Gasteiger partial charge in [0.1, 0.15) is 32.9 Å². The molecule has 0 amide bonds. The standard InChI is InChI=1S/C51H60N8O7S2/c1-50(2,3)44(51(4,5)6)29-30-53-67(60,61)43-27-26-41(42-12-10-11-37-19-28-45(52)54-47(37)42)46(49-55-57-59(56-49)33-36-17-24-40(66-9)25-18-36)48(43)68(62,63)58(31-34-13-20-38(64-7)21-14-34)32-35-15-22-39(65-8)23-16-35/h10-28,44,53H,29-33H2,1-9H3,(H2,52,54). The molecule has 358 valence electrons. The van der Waals surface area contributed by atoms with Crippen LogP contribution in [-0.4, -0.2) is 74.2 Å². The highest BCUT2D eigenvalue weighted by Crippen LogP contribution is 2.44. The van der Waals surface area contributed by atoms with Crippen molar-refractivity contribution in [3.8, 4) is 39.8 Å². The lowest BCUT2D eigenvalue weighted by atomic mass is 9.65. The molecule has 0 aliphatic heterocycles. The molecule has 0 fully saturated rings. The Kier molecular flexibility index (Phi) is 14.6. The van der Waals surface area contributed by atoms with Crippen LogP contribution in [-0.2, 0) is 39.7 Å². The number of pyridine rings is 1. The van der Waals surface area contributed by atoms with E-state index in [1.54, 1.807) is 88.1 Å². The van der Waals surface area contributed by atoms with Crippen LogP contribution in [0.2, 0.25) is 0 Å². The minimum Gasteiger partial charge on any atom is -0.497 e. The Morgan fingerprint density at radius 3 is 1.75 bits per heavy atom. The number of aromatic nitrogens is 5. The molecule has 17 heteroatoms. The highest BCUT2D eigenvalue weighted by molar-refractivity contribution is 7.92. The van der Waals surface area contributed by atoms with Crippen LogP contribution in [0.1, 0.15) is 64.7 Å². The topological polar surface area (TPSA) is 194 Å². The summed E-state index contributed by atoms with van der Waals surface area (Å²) in [4.78, 5) is 5.02. The number of rotatable bonds is 18. The summed E-state index contributed by atoms with van der Waals surface area (Å²) in [6.07, 6.45) is 0.491. The second kappa shape index (κ2) is 20.1. The van der Waals surface area contributed by atoms with Crippen molar-refractivity contribution in [2.75, 3.05) is 33.6 Å². The number of nitrogens with zero attached hydrogens (tertiary/aromatic N) is 6. The first-order valence-electron chi connectivity index (χ1n) is 22.2. The van der Waals surface area contributed by atoms with E-state index in [4.69, 9.17) is 30.0 Å². The molecule has 2 aromatic heterocycles. The average Bonchev–Trinajstić information content (AvgIpc) is 3.77. The van der Waals surface area contributed by atoms with Crippen molar-refractivity contribution in [1.29, 1.82) is 0 Å². The van der Waals surface area contributed by atoms with Gasteiger partial charge in [-0.2, -0.15) is 9.10 Å². The van der Waals surface area contributed by atoms with Crippen molar-refractivity contribution < 1.29 is 31.0 Å². The van der Waals surface area contributed by atoms with Crippen LogP contribution in [0.25, 0.3) is 33.4 Å². The predicted molar refractivity (Wildman–Crippen MR) is 265 cm³/mol. The fourth-order valence-electron chi connectivity index (χ4n) is 8.97. The molecule has 7 aromatic rings. The Morgan fingerprint density at radius 2 is 1.22 bits per heavy atom. The van der Waals surface area contributed by atoms with Gasteiger partial charge in [-0.25, -0.2) is 26.5 Å². The van der Waals surface area contributed by atoms with Gasteiger partial charge in [0.05, 0.1) is 39.0 Å². The molecular formula is C51H60N8O7S2. The van der Waals surface area contributed by atoms with Gasteiger partial charge in [-0.15, -0.1) is 10.2 Å². The van der Waals surface area contributed by atoms with Crippen LogP contribution in [0.15, 0.2) is 125 Å². The van der Waals surface area contributed by atoms with Crippen LogP contribution >= 0.6 is 0 Å². The molecule has 0 bridgehead atoms. The summed E-state index contributed by atoms with van der Waals surface area (Å²) in [6.45, 7) is 12.7. The van der Waals surface area contributed by atoms with Gasteiger partial charge in [-0.3, -0.25) is 0 Å². The number of para-hydroxylation sites is 1. The number of hydrogen-bond acceptors (Lipinski definition) is 12. The Morgan fingerprint density at radius 1 is 0.676 bits per heavy atom. The monoisotopic (exact) mass is 960 g/mol. The lowest BCUT2D eigenvalue weighted by molar-refractivity contribution is 0.0943. The number of hydrogen-bond donors (Lipinski definition) is 2. The molecule has 0 radical (unpaired) electrons. The third-order valence-corrected chi connectivity index (χ3v) is 15.6. The molecule has 0 saturated heterocycles. The van der Waals surface area contributed by atoms with Crippen molar-refractivity contribution in [2.45, 2.75) is 77.4 Å². The summed E-state index contributed by atoms with van der Waals surface area (Å²) >= 11 is 0. The van der Waals surface area contributed by atoms with Crippen LogP contribution in [0.4, 0.5) is 5.82 Å². The van der Waals surface area contributed by atoms with E-state index in [2.05, 4.69) is 56.6 Å².